The molecular weight excluding hydrogens is 372 g/mol. The number of rotatable bonds is 6. The number of carbonyl (C=O) groups is 2. The predicted molar refractivity (Wildman–Crippen MR) is 112 cm³/mol. The van der Waals surface area contributed by atoms with Gasteiger partial charge in [0.15, 0.2) is 0 Å². The van der Waals surface area contributed by atoms with Crippen molar-refractivity contribution in [1.82, 2.24) is 9.80 Å². The molecule has 2 aliphatic heterocycles. The molecule has 0 radical (unpaired) electrons. The first-order valence-electron chi connectivity index (χ1n) is 10.1. The van der Waals surface area contributed by atoms with E-state index >= 15 is 0 Å². The van der Waals surface area contributed by atoms with Gasteiger partial charge in [0.25, 0.3) is 0 Å². The van der Waals surface area contributed by atoms with Crippen LogP contribution in [-0.4, -0.2) is 45.3 Å². The van der Waals surface area contributed by atoms with Crippen molar-refractivity contribution in [3.05, 3.63) is 35.6 Å². The number of unbranched alkanes of at least 4 members (excludes halogenated alkanes) is 1. The first kappa shape index (κ1) is 19.4. The largest absolute Gasteiger partial charge is 0.461 e. The third kappa shape index (κ3) is 3.21. The smallest absolute Gasteiger partial charge is 0.246 e. The lowest BCUT2D eigenvalue weighted by Gasteiger charge is -2.32. The zero-order chi connectivity index (χ0) is 19.9. The van der Waals surface area contributed by atoms with Crippen LogP contribution in [0.2, 0.25) is 0 Å². The van der Waals surface area contributed by atoms with Crippen molar-refractivity contribution in [2.24, 2.45) is 0 Å². The summed E-state index contributed by atoms with van der Waals surface area (Å²) in [4.78, 5) is 29.0. The van der Waals surface area contributed by atoms with Gasteiger partial charge in [0.05, 0.1) is 4.87 Å². The molecule has 0 spiro atoms. The minimum Gasteiger partial charge on any atom is -0.461 e. The van der Waals surface area contributed by atoms with Crippen LogP contribution in [0.5, 0.6) is 0 Å². The standard InChI is InChI=1S/C22H28N2O3S/c1-4-5-9-19-16(15-8-6-7-10-18(15)27-19)13-23(3)21(26)17-14-28-22(2)12-11-20(25)24(17)22/h6-8,10,17H,4-5,9,11-14H2,1-3H3. The molecule has 2 saturated heterocycles. The van der Waals surface area contributed by atoms with Crippen LogP contribution >= 0.6 is 11.8 Å². The second-order valence-electron chi connectivity index (χ2n) is 8.06. The molecule has 2 aliphatic rings. The highest BCUT2D eigenvalue weighted by atomic mass is 32.2. The van der Waals surface area contributed by atoms with Crippen LogP contribution in [0.25, 0.3) is 11.0 Å². The molecule has 0 N–H and O–H groups in total. The van der Waals surface area contributed by atoms with Crippen molar-refractivity contribution in [2.75, 3.05) is 12.8 Å². The predicted octanol–water partition coefficient (Wildman–Crippen LogP) is 4.19. The number of likely N-dealkylation sites (N-methyl/N-ethyl adjacent to an activating group) is 1. The lowest BCUT2D eigenvalue weighted by atomic mass is 10.1. The summed E-state index contributed by atoms with van der Waals surface area (Å²) in [6.45, 7) is 4.76. The number of aryl methyl sites for hydroxylation is 1. The maximum atomic E-state index is 13.3. The first-order chi connectivity index (χ1) is 13.4. The molecule has 2 amide bonds. The SMILES string of the molecule is CCCCc1oc2ccccc2c1CN(C)C(=O)C1CSC2(C)CCC(=O)N12. The fourth-order valence-corrected chi connectivity index (χ4v) is 5.86. The van der Waals surface area contributed by atoms with Crippen LogP contribution < -0.4 is 0 Å². The lowest BCUT2D eigenvalue weighted by molar-refractivity contribution is -0.143. The Morgan fingerprint density at radius 1 is 1.39 bits per heavy atom. The molecular formula is C22H28N2O3S. The van der Waals surface area contributed by atoms with Gasteiger partial charge in [0.1, 0.15) is 17.4 Å². The Morgan fingerprint density at radius 2 is 2.18 bits per heavy atom. The minimum atomic E-state index is -0.354. The summed E-state index contributed by atoms with van der Waals surface area (Å²) >= 11 is 1.74. The van der Waals surface area contributed by atoms with Crippen molar-refractivity contribution in [3.8, 4) is 0 Å². The Hall–Kier alpha value is -1.95. The second-order valence-corrected chi connectivity index (χ2v) is 9.56. The van der Waals surface area contributed by atoms with Gasteiger partial charge < -0.3 is 14.2 Å². The van der Waals surface area contributed by atoms with E-state index in [2.05, 4.69) is 19.9 Å². The maximum Gasteiger partial charge on any atom is 0.246 e. The van der Waals surface area contributed by atoms with E-state index in [1.807, 2.05) is 30.1 Å². The Morgan fingerprint density at radius 3 is 2.96 bits per heavy atom. The molecule has 2 fully saturated rings. The highest BCUT2D eigenvalue weighted by Crippen LogP contribution is 2.47. The van der Waals surface area contributed by atoms with Gasteiger partial charge >= 0.3 is 0 Å². The quantitative estimate of drug-likeness (QED) is 0.730. The highest BCUT2D eigenvalue weighted by molar-refractivity contribution is 8.01. The molecule has 0 bridgehead atoms. The van der Waals surface area contributed by atoms with Gasteiger partial charge in [0.2, 0.25) is 11.8 Å². The lowest BCUT2D eigenvalue weighted by Crippen LogP contribution is -2.50. The molecule has 28 heavy (non-hydrogen) atoms. The van der Waals surface area contributed by atoms with Gasteiger partial charge in [-0.2, -0.15) is 0 Å². The van der Waals surface area contributed by atoms with Crippen molar-refractivity contribution in [1.29, 1.82) is 0 Å². The van der Waals surface area contributed by atoms with Gasteiger partial charge in [-0.15, -0.1) is 11.8 Å². The number of para-hydroxylation sites is 1. The fraction of sp³-hybridized carbons (Fsp3) is 0.545. The molecule has 6 heteroatoms. The zero-order valence-corrected chi connectivity index (χ0v) is 17.7. The van der Waals surface area contributed by atoms with Crippen LogP contribution in [0, 0.1) is 0 Å². The van der Waals surface area contributed by atoms with E-state index in [-0.39, 0.29) is 22.7 Å². The van der Waals surface area contributed by atoms with E-state index in [1.165, 1.54) is 0 Å². The number of amides is 2. The number of carbonyl (C=O) groups excluding carboxylic acids is 2. The molecule has 1 aromatic carbocycles. The van der Waals surface area contributed by atoms with E-state index in [1.54, 1.807) is 16.7 Å². The van der Waals surface area contributed by atoms with E-state index < -0.39 is 0 Å². The van der Waals surface area contributed by atoms with Crippen LogP contribution in [0.1, 0.15) is 50.9 Å². The number of benzene rings is 1. The first-order valence-corrected chi connectivity index (χ1v) is 11.1. The van der Waals surface area contributed by atoms with Crippen molar-refractivity contribution in [2.45, 2.75) is 63.4 Å². The van der Waals surface area contributed by atoms with Gasteiger partial charge in [-0.3, -0.25) is 9.59 Å². The normalized spacial score (nSPS) is 24.2. The number of furan rings is 1. The van der Waals surface area contributed by atoms with E-state index in [0.717, 1.165) is 48.0 Å². The molecule has 2 unspecified atom stereocenters. The van der Waals surface area contributed by atoms with Gasteiger partial charge in [0, 0.05) is 43.1 Å². The summed E-state index contributed by atoms with van der Waals surface area (Å²) < 4.78 is 6.10. The maximum absolute atomic E-state index is 13.3. The highest BCUT2D eigenvalue weighted by Gasteiger charge is 2.53. The number of hydrogen-bond donors (Lipinski definition) is 0. The molecule has 150 valence electrons. The second kappa shape index (κ2) is 7.47. The third-order valence-corrected chi connectivity index (χ3v) is 7.55. The Bertz CT molecular complexity index is 908. The average Bonchev–Trinajstić information content (AvgIpc) is 3.31. The fourth-order valence-electron chi connectivity index (χ4n) is 4.44. The number of fused-ring (bicyclic) bond motifs is 2. The van der Waals surface area contributed by atoms with Crippen LogP contribution in [0.15, 0.2) is 28.7 Å². The summed E-state index contributed by atoms with van der Waals surface area (Å²) in [6, 6.07) is 7.68. The summed E-state index contributed by atoms with van der Waals surface area (Å²) in [5.41, 5.74) is 1.98. The average molecular weight is 401 g/mol. The summed E-state index contributed by atoms with van der Waals surface area (Å²) in [5.74, 6) is 1.79. The van der Waals surface area contributed by atoms with Crippen LogP contribution in [0.4, 0.5) is 0 Å². The Balaban J connectivity index is 1.57. The summed E-state index contributed by atoms with van der Waals surface area (Å²) in [6.07, 6.45) is 4.41. The van der Waals surface area contributed by atoms with Crippen molar-refractivity contribution >= 4 is 34.5 Å². The monoisotopic (exact) mass is 400 g/mol. The number of hydrogen-bond acceptors (Lipinski definition) is 4. The van der Waals surface area contributed by atoms with Gasteiger partial charge in [-0.1, -0.05) is 31.5 Å². The minimum absolute atomic E-state index is 0.0261. The Kier molecular flexibility index (Phi) is 5.17. The van der Waals surface area contributed by atoms with Crippen molar-refractivity contribution < 1.29 is 14.0 Å². The van der Waals surface area contributed by atoms with Crippen molar-refractivity contribution in [3.63, 3.8) is 0 Å². The van der Waals surface area contributed by atoms with E-state index in [9.17, 15) is 9.59 Å². The summed E-state index contributed by atoms with van der Waals surface area (Å²) in [5, 5.41) is 1.08. The van der Waals surface area contributed by atoms with Crippen LogP contribution in [-0.2, 0) is 22.6 Å². The van der Waals surface area contributed by atoms with E-state index in [4.69, 9.17) is 4.42 Å². The molecule has 2 atom stereocenters. The van der Waals surface area contributed by atoms with Crippen LogP contribution in [0.3, 0.4) is 0 Å². The molecule has 4 rings (SSSR count). The zero-order valence-electron chi connectivity index (χ0n) is 16.9. The molecule has 5 nitrogen and oxygen atoms in total. The Labute approximate surface area is 170 Å². The topological polar surface area (TPSA) is 53.8 Å². The molecule has 2 aromatic rings. The van der Waals surface area contributed by atoms with E-state index in [0.29, 0.717) is 18.7 Å². The van der Waals surface area contributed by atoms with Gasteiger partial charge in [-0.05, 0) is 25.8 Å². The third-order valence-electron chi connectivity index (χ3n) is 6.04. The summed E-state index contributed by atoms with van der Waals surface area (Å²) in [7, 11) is 1.84. The molecule has 0 aliphatic carbocycles. The number of thioether (sulfide) groups is 1. The molecule has 1 aromatic heterocycles. The number of nitrogens with zero attached hydrogens (tertiary/aromatic N) is 2. The molecule has 0 saturated carbocycles. The van der Waals surface area contributed by atoms with Gasteiger partial charge in [-0.25, -0.2) is 0 Å². The molecule has 3 heterocycles.